The fourth-order valence-corrected chi connectivity index (χ4v) is 3.31. The standard InChI is InChI=1S/C19H20N4OS/c1-3-10-23(11-9-15-7-5-4-6-8-15)19(24)17-14-25-18(21-17)16-12-20-22(2)13-16/h3-8,12-14H,1,9-11H2,2H3. The number of rotatable bonds is 7. The van der Waals surface area contributed by atoms with E-state index in [1.54, 1.807) is 21.9 Å². The van der Waals surface area contributed by atoms with Gasteiger partial charge in [-0.15, -0.1) is 17.9 Å². The van der Waals surface area contributed by atoms with Crippen LogP contribution in [-0.4, -0.2) is 38.7 Å². The summed E-state index contributed by atoms with van der Waals surface area (Å²) in [6, 6.07) is 10.1. The predicted octanol–water partition coefficient (Wildman–Crippen LogP) is 3.41. The fraction of sp³-hybridized carbons (Fsp3) is 0.211. The number of nitrogens with zero attached hydrogens (tertiary/aromatic N) is 4. The van der Waals surface area contributed by atoms with Crippen LogP contribution >= 0.6 is 11.3 Å². The SMILES string of the molecule is C=CCN(CCc1ccccc1)C(=O)c1csc(-c2cnn(C)c2)n1. The average Bonchev–Trinajstić information content (AvgIpc) is 3.28. The number of aryl methyl sites for hydroxylation is 1. The van der Waals surface area contributed by atoms with E-state index >= 15 is 0 Å². The molecule has 6 heteroatoms. The van der Waals surface area contributed by atoms with Crippen molar-refractivity contribution < 1.29 is 4.79 Å². The lowest BCUT2D eigenvalue weighted by molar-refractivity contribution is 0.0770. The average molecular weight is 352 g/mol. The molecule has 0 saturated carbocycles. The Morgan fingerprint density at radius 2 is 2.16 bits per heavy atom. The highest BCUT2D eigenvalue weighted by molar-refractivity contribution is 7.13. The van der Waals surface area contributed by atoms with Gasteiger partial charge in [0.05, 0.1) is 6.20 Å². The van der Waals surface area contributed by atoms with Crippen molar-refractivity contribution in [3.8, 4) is 10.6 Å². The number of amides is 1. The number of thiazole rings is 1. The highest BCUT2D eigenvalue weighted by Gasteiger charge is 2.18. The topological polar surface area (TPSA) is 51.0 Å². The first-order valence-corrected chi connectivity index (χ1v) is 8.94. The smallest absolute Gasteiger partial charge is 0.273 e. The Labute approximate surface area is 151 Å². The van der Waals surface area contributed by atoms with Crippen molar-refractivity contribution in [3.05, 3.63) is 72.0 Å². The number of benzene rings is 1. The maximum atomic E-state index is 12.8. The van der Waals surface area contributed by atoms with Gasteiger partial charge in [0, 0.05) is 37.3 Å². The Morgan fingerprint density at radius 3 is 2.84 bits per heavy atom. The van der Waals surface area contributed by atoms with E-state index in [-0.39, 0.29) is 5.91 Å². The lowest BCUT2D eigenvalue weighted by Crippen LogP contribution is -2.33. The minimum atomic E-state index is -0.0674. The van der Waals surface area contributed by atoms with Crippen LogP contribution in [0.15, 0.2) is 60.8 Å². The van der Waals surface area contributed by atoms with Gasteiger partial charge >= 0.3 is 0 Å². The third kappa shape index (κ3) is 4.22. The van der Waals surface area contributed by atoms with E-state index in [9.17, 15) is 4.79 Å². The molecule has 0 unspecified atom stereocenters. The minimum absolute atomic E-state index is 0.0674. The zero-order valence-electron chi connectivity index (χ0n) is 14.1. The van der Waals surface area contributed by atoms with E-state index in [1.165, 1.54) is 16.9 Å². The predicted molar refractivity (Wildman–Crippen MR) is 101 cm³/mol. The van der Waals surface area contributed by atoms with Crippen LogP contribution in [0.5, 0.6) is 0 Å². The van der Waals surface area contributed by atoms with Crippen LogP contribution < -0.4 is 0 Å². The van der Waals surface area contributed by atoms with E-state index in [0.717, 1.165) is 17.0 Å². The summed E-state index contributed by atoms with van der Waals surface area (Å²) in [5, 5.41) is 6.76. The van der Waals surface area contributed by atoms with Crippen molar-refractivity contribution in [2.24, 2.45) is 7.05 Å². The second-order valence-corrected chi connectivity index (χ2v) is 6.57. The lowest BCUT2D eigenvalue weighted by atomic mass is 10.1. The fourth-order valence-electron chi connectivity index (χ4n) is 2.54. The van der Waals surface area contributed by atoms with Crippen molar-refractivity contribution in [2.75, 3.05) is 13.1 Å². The Bertz CT molecular complexity index is 853. The molecule has 0 radical (unpaired) electrons. The molecule has 0 saturated heterocycles. The van der Waals surface area contributed by atoms with E-state index in [4.69, 9.17) is 0 Å². The first kappa shape index (κ1) is 17.1. The molecule has 2 heterocycles. The van der Waals surface area contributed by atoms with Gasteiger partial charge in [-0.2, -0.15) is 5.10 Å². The number of hydrogen-bond acceptors (Lipinski definition) is 4. The maximum Gasteiger partial charge on any atom is 0.273 e. The summed E-state index contributed by atoms with van der Waals surface area (Å²) in [6.07, 6.45) is 6.20. The Kier molecular flexibility index (Phi) is 5.40. The lowest BCUT2D eigenvalue weighted by Gasteiger charge is -2.20. The van der Waals surface area contributed by atoms with Crippen molar-refractivity contribution >= 4 is 17.2 Å². The third-order valence-electron chi connectivity index (χ3n) is 3.83. The number of carbonyl (C=O) groups is 1. The molecule has 0 aliphatic rings. The molecule has 1 amide bonds. The zero-order chi connectivity index (χ0) is 17.6. The molecule has 2 aromatic heterocycles. The van der Waals surface area contributed by atoms with E-state index < -0.39 is 0 Å². The van der Waals surface area contributed by atoms with E-state index in [2.05, 4.69) is 28.8 Å². The Morgan fingerprint density at radius 1 is 1.36 bits per heavy atom. The normalized spacial score (nSPS) is 10.6. The van der Waals surface area contributed by atoms with Crippen molar-refractivity contribution in [3.63, 3.8) is 0 Å². The van der Waals surface area contributed by atoms with Gasteiger partial charge in [-0.3, -0.25) is 9.48 Å². The molecule has 0 atom stereocenters. The van der Waals surface area contributed by atoms with Gasteiger partial charge in [-0.25, -0.2) is 4.98 Å². The second-order valence-electron chi connectivity index (χ2n) is 5.72. The van der Waals surface area contributed by atoms with E-state index in [1.807, 2.05) is 36.8 Å². The van der Waals surface area contributed by atoms with Crippen molar-refractivity contribution in [1.82, 2.24) is 19.7 Å². The molecule has 3 aromatic rings. The van der Waals surface area contributed by atoms with Crippen LogP contribution in [0.2, 0.25) is 0 Å². The molecule has 3 rings (SSSR count). The molecular formula is C19H20N4OS. The minimum Gasteiger partial charge on any atom is -0.333 e. The first-order valence-electron chi connectivity index (χ1n) is 8.06. The summed E-state index contributed by atoms with van der Waals surface area (Å²) in [5.74, 6) is -0.0674. The van der Waals surface area contributed by atoms with Crippen LogP contribution in [0, 0.1) is 0 Å². The van der Waals surface area contributed by atoms with Gasteiger partial charge in [0.25, 0.3) is 5.91 Å². The number of hydrogen-bond donors (Lipinski definition) is 0. The Balaban J connectivity index is 1.72. The van der Waals surface area contributed by atoms with Crippen LogP contribution in [0.25, 0.3) is 10.6 Å². The molecule has 128 valence electrons. The first-order chi connectivity index (χ1) is 12.2. The molecular weight excluding hydrogens is 332 g/mol. The number of carbonyl (C=O) groups excluding carboxylic acids is 1. The van der Waals surface area contributed by atoms with Gasteiger partial charge in [0.2, 0.25) is 0 Å². The van der Waals surface area contributed by atoms with Crippen molar-refractivity contribution in [2.45, 2.75) is 6.42 Å². The zero-order valence-corrected chi connectivity index (χ0v) is 14.9. The molecule has 25 heavy (non-hydrogen) atoms. The summed E-state index contributed by atoms with van der Waals surface area (Å²) in [7, 11) is 1.86. The third-order valence-corrected chi connectivity index (χ3v) is 4.72. The molecule has 0 N–H and O–H groups in total. The molecule has 0 fully saturated rings. The molecule has 0 aliphatic carbocycles. The summed E-state index contributed by atoms with van der Waals surface area (Å²) in [4.78, 5) is 19.1. The second kappa shape index (κ2) is 7.90. The van der Waals surface area contributed by atoms with Crippen LogP contribution in [0.3, 0.4) is 0 Å². The highest BCUT2D eigenvalue weighted by Crippen LogP contribution is 2.23. The van der Waals surface area contributed by atoms with Gasteiger partial charge in [0.1, 0.15) is 10.7 Å². The van der Waals surface area contributed by atoms with E-state index in [0.29, 0.717) is 18.8 Å². The Hall–Kier alpha value is -2.73. The quantitative estimate of drug-likeness (QED) is 0.612. The van der Waals surface area contributed by atoms with Gasteiger partial charge < -0.3 is 4.90 Å². The summed E-state index contributed by atoms with van der Waals surface area (Å²) in [5.41, 5.74) is 2.60. The largest absolute Gasteiger partial charge is 0.333 e. The van der Waals surface area contributed by atoms with Gasteiger partial charge in [-0.1, -0.05) is 36.4 Å². The van der Waals surface area contributed by atoms with Gasteiger partial charge in [-0.05, 0) is 12.0 Å². The van der Waals surface area contributed by atoms with Gasteiger partial charge in [0.15, 0.2) is 0 Å². The molecule has 0 spiro atoms. The highest BCUT2D eigenvalue weighted by atomic mass is 32.1. The van der Waals surface area contributed by atoms with Crippen molar-refractivity contribution in [1.29, 1.82) is 0 Å². The molecule has 0 bridgehead atoms. The van der Waals surface area contributed by atoms with Crippen LogP contribution in [0.1, 0.15) is 16.1 Å². The van der Waals surface area contributed by atoms with Crippen LogP contribution in [0.4, 0.5) is 0 Å². The molecule has 0 aliphatic heterocycles. The maximum absolute atomic E-state index is 12.8. The molecule has 1 aromatic carbocycles. The molecule has 5 nitrogen and oxygen atoms in total. The van der Waals surface area contributed by atoms with Crippen LogP contribution in [-0.2, 0) is 13.5 Å². The number of aromatic nitrogens is 3. The summed E-state index contributed by atoms with van der Waals surface area (Å²) < 4.78 is 1.72. The summed E-state index contributed by atoms with van der Waals surface area (Å²) >= 11 is 1.46. The summed E-state index contributed by atoms with van der Waals surface area (Å²) in [6.45, 7) is 4.90. The monoisotopic (exact) mass is 352 g/mol.